The molecule has 0 aliphatic carbocycles. The van der Waals surface area contributed by atoms with Gasteiger partial charge in [-0.05, 0) is 63.1 Å². The molecule has 2 amide bonds. The van der Waals surface area contributed by atoms with E-state index in [9.17, 15) is 9.59 Å². The summed E-state index contributed by atoms with van der Waals surface area (Å²) in [5, 5.41) is 5.43. The van der Waals surface area contributed by atoms with Gasteiger partial charge in [0.25, 0.3) is 0 Å². The molecule has 146 valence electrons. The van der Waals surface area contributed by atoms with Crippen LogP contribution in [0.4, 0.5) is 4.79 Å². The summed E-state index contributed by atoms with van der Waals surface area (Å²) in [6, 6.07) is 14.1. The average Bonchev–Trinajstić information content (AvgIpc) is 2.61. The van der Waals surface area contributed by atoms with Crippen molar-refractivity contribution < 1.29 is 19.1 Å². The highest BCUT2D eigenvalue weighted by atomic mass is 16.5. The third kappa shape index (κ3) is 4.52. The number of rotatable bonds is 5. The zero-order chi connectivity index (χ0) is 20.3. The van der Waals surface area contributed by atoms with Crippen LogP contribution in [0.15, 0.2) is 59.8 Å². The van der Waals surface area contributed by atoms with Crippen LogP contribution in [-0.2, 0) is 9.53 Å². The van der Waals surface area contributed by atoms with E-state index in [1.807, 2.05) is 55.5 Å². The Morgan fingerprint density at radius 2 is 1.75 bits per heavy atom. The van der Waals surface area contributed by atoms with Crippen molar-refractivity contribution in [2.75, 3.05) is 0 Å². The summed E-state index contributed by atoms with van der Waals surface area (Å²) in [6.07, 6.45) is -0.254. The Labute approximate surface area is 164 Å². The lowest BCUT2D eigenvalue weighted by molar-refractivity contribution is -0.143. The number of hydrogen-bond acceptors (Lipinski definition) is 4. The summed E-state index contributed by atoms with van der Waals surface area (Å²) < 4.78 is 11.2. The van der Waals surface area contributed by atoms with E-state index < -0.39 is 12.0 Å². The van der Waals surface area contributed by atoms with Gasteiger partial charge in [0.05, 0.1) is 17.7 Å². The van der Waals surface area contributed by atoms with Gasteiger partial charge in [-0.1, -0.05) is 24.3 Å². The van der Waals surface area contributed by atoms with Crippen LogP contribution < -0.4 is 15.4 Å². The fraction of sp³-hybridized carbons (Fsp3) is 0.273. The maximum absolute atomic E-state index is 12.6. The second kappa shape index (κ2) is 8.17. The molecule has 28 heavy (non-hydrogen) atoms. The lowest BCUT2D eigenvalue weighted by Gasteiger charge is -2.28. The van der Waals surface area contributed by atoms with Gasteiger partial charge in [0.2, 0.25) is 0 Å². The molecule has 1 heterocycles. The summed E-state index contributed by atoms with van der Waals surface area (Å²) in [5.41, 5.74) is 2.75. The van der Waals surface area contributed by atoms with E-state index in [0.717, 1.165) is 16.9 Å². The Balaban J connectivity index is 1.85. The zero-order valence-corrected chi connectivity index (χ0v) is 16.4. The van der Waals surface area contributed by atoms with Crippen molar-refractivity contribution in [1.29, 1.82) is 0 Å². The number of carbonyl (C=O) groups excluding carboxylic acids is 2. The first-order valence-corrected chi connectivity index (χ1v) is 9.17. The van der Waals surface area contributed by atoms with Crippen LogP contribution in [0.5, 0.6) is 11.5 Å². The van der Waals surface area contributed by atoms with Gasteiger partial charge in [-0.3, -0.25) is 0 Å². The predicted molar refractivity (Wildman–Crippen MR) is 106 cm³/mol. The SMILES string of the molecule is CC1=C(C(=O)OC(C)C)C(c2ccc(Oc3cccc(C)c3)cc2)NC(=O)N1. The molecule has 0 aromatic heterocycles. The minimum atomic E-state index is -0.590. The van der Waals surface area contributed by atoms with E-state index in [4.69, 9.17) is 9.47 Å². The van der Waals surface area contributed by atoms with E-state index in [0.29, 0.717) is 17.0 Å². The van der Waals surface area contributed by atoms with Crippen LogP contribution in [0.2, 0.25) is 0 Å². The van der Waals surface area contributed by atoms with E-state index in [1.54, 1.807) is 20.8 Å². The number of allylic oxidation sites excluding steroid dienone is 1. The molecule has 2 aromatic rings. The van der Waals surface area contributed by atoms with Gasteiger partial charge >= 0.3 is 12.0 Å². The van der Waals surface area contributed by atoms with Gasteiger partial charge in [-0.25, -0.2) is 9.59 Å². The van der Waals surface area contributed by atoms with Crippen molar-refractivity contribution in [2.45, 2.75) is 39.8 Å². The molecule has 0 saturated heterocycles. The molecule has 1 unspecified atom stereocenters. The number of urea groups is 1. The van der Waals surface area contributed by atoms with Crippen molar-refractivity contribution in [1.82, 2.24) is 10.6 Å². The summed E-state index contributed by atoms with van der Waals surface area (Å²) >= 11 is 0. The van der Waals surface area contributed by atoms with E-state index in [-0.39, 0.29) is 12.1 Å². The summed E-state index contributed by atoms with van der Waals surface area (Å²) in [7, 11) is 0. The topological polar surface area (TPSA) is 76.7 Å². The normalized spacial score (nSPS) is 16.5. The molecule has 0 radical (unpaired) electrons. The van der Waals surface area contributed by atoms with E-state index >= 15 is 0 Å². The Bertz CT molecular complexity index is 916. The number of ether oxygens (including phenoxy) is 2. The van der Waals surface area contributed by atoms with Crippen LogP contribution in [0.1, 0.15) is 37.9 Å². The van der Waals surface area contributed by atoms with Crippen molar-refractivity contribution in [2.24, 2.45) is 0 Å². The van der Waals surface area contributed by atoms with E-state index in [1.165, 1.54) is 0 Å². The quantitative estimate of drug-likeness (QED) is 0.756. The van der Waals surface area contributed by atoms with Gasteiger partial charge in [-0.15, -0.1) is 0 Å². The predicted octanol–water partition coefficient (Wildman–Crippen LogP) is 4.37. The molecule has 1 aliphatic heterocycles. The van der Waals surface area contributed by atoms with Crippen LogP contribution in [0.25, 0.3) is 0 Å². The number of amides is 2. The average molecular weight is 380 g/mol. The van der Waals surface area contributed by atoms with Gasteiger partial charge < -0.3 is 20.1 Å². The highest BCUT2D eigenvalue weighted by molar-refractivity contribution is 5.95. The molecular weight excluding hydrogens is 356 g/mol. The second-order valence-corrected chi connectivity index (χ2v) is 7.01. The Hall–Kier alpha value is -3.28. The maximum atomic E-state index is 12.6. The molecule has 6 nitrogen and oxygen atoms in total. The monoisotopic (exact) mass is 380 g/mol. The lowest BCUT2D eigenvalue weighted by Crippen LogP contribution is -2.45. The number of hydrogen-bond donors (Lipinski definition) is 2. The number of esters is 1. The smallest absolute Gasteiger partial charge is 0.338 e. The van der Waals surface area contributed by atoms with Gasteiger partial charge in [0, 0.05) is 5.70 Å². The molecule has 6 heteroatoms. The molecule has 0 bridgehead atoms. The Morgan fingerprint density at radius 3 is 2.39 bits per heavy atom. The Kier molecular flexibility index (Phi) is 5.68. The van der Waals surface area contributed by atoms with Gasteiger partial charge in [-0.2, -0.15) is 0 Å². The molecule has 1 aliphatic rings. The summed E-state index contributed by atoms with van der Waals surface area (Å²) in [6.45, 7) is 7.27. The van der Waals surface area contributed by atoms with Crippen LogP contribution in [-0.4, -0.2) is 18.1 Å². The second-order valence-electron chi connectivity index (χ2n) is 7.01. The standard InChI is InChI=1S/C22H24N2O4/c1-13(2)27-21(25)19-15(4)23-22(26)24-20(19)16-8-10-17(11-9-16)28-18-7-5-6-14(3)12-18/h5-13,20H,1-4H3,(H2,23,24,26). The zero-order valence-electron chi connectivity index (χ0n) is 16.4. The molecule has 0 spiro atoms. The molecule has 2 N–H and O–H groups in total. The van der Waals surface area contributed by atoms with Crippen molar-refractivity contribution in [3.8, 4) is 11.5 Å². The maximum Gasteiger partial charge on any atom is 0.338 e. The highest BCUT2D eigenvalue weighted by Gasteiger charge is 2.32. The Morgan fingerprint density at radius 1 is 1.04 bits per heavy atom. The van der Waals surface area contributed by atoms with Gasteiger partial charge in [0.15, 0.2) is 0 Å². The molecule has 1 atom stereocenters. The van der Waals surface area contributed by atoms with Crippen molar-refractivity contribution >= 4 is 12.0 Å². The number of benzene rings is 2. The fourth-order valence-electron chi connectivity index (χ4n) is 3.04. The van der Waals surface area contributed by atoms with Crippen molar-refractivity contribution in [3.63, 3.8) is 0 Å². The summed E-state index contributed by atoms with van der Waals surface area (Å²) in [4.78, 5) is 24.5. The molecular formula is C22H24N2O4. The summed E-state index contributed by atoms with van der Waals surface area (Å²) in [5.74, 6) is 0.964. The largest absolute Gasteiger partial charge is 0.459 e. The first-order valence-electron chi connectivity index (χ1n) is 9.17. The first-order chi connectivity index (χ1) is 13.3. The molecule has 0 saturated carbocycles. The number of carbonyl (C=O) groups is 2. The fourth-order valence-corrected chi connectivity index (χ4v) is 3.04. The third-order valence-corrected chi connectivity index (χ3v) is 4.27. The van der Waals surface area contributed by atoms with Crippen molar-refractivity contribution in [3.05, 3.63) is 70.9 Å². The molecule has 0 fully saturated rings. The molecule has 3 rings (SSSR count). The van der Waals surface area contributed by atoms with Gasteiger partial charge in [0.1, 0.15) is 11.5 Å². The minimum absolute atomic E-state index is 0.254. The minimum Gasteiger partial charge on any atom is -0.459 e. The highest BCUT2D eigenvalue weighted by Crippen LogP contribution is 2.30. The third-order valence-electron chi connectivity index (χ3n) is 4.27. The van der Waals surface area contributed by atoms with Crippen LogP contribution in [0, 0.1) is 6.92 Å². The molecule has 2 aromatic carbocycles. The number of aryl methyl sites for hydroxylation is 1. The van der Waals surface area contributed by atoms with E-state index in [2.05, 4.69) is 10.6 Å². The number of nitrogens with one attached hydrogen (secondary N) is 2. The van der Waals surface area contributed by atoms with Crippen LogP contribution in [0.3, 0.4) is 0 Å². The van der Waals surface area contributed by atoms with Crippen LogP contribution >= 0.6 is 0 Å². The first kappa shape index (κ1) is 19.5. The lowest BCUT2D eigenvalue weighted by atomic mass is 9.95.